The van der Waals surface area contributed by atoms with Crippen molar-refractivity contribution in [2.24, 2.45) is 0 Å². The zero-order chi connectivity index (χ0) is 21.0. The minimum Gasteiger partial charge on any atom is -0.465 e. The van der Waals surface area contributed by atoms with Gasteiger partial charge in [-0.25, -0.2) is 29.4 Å². The molecule has 1 amide bonds. The summed E-state index contributed by atoms with van der Waals surface area (Å²) in [5, 5.41) is 0. The van der Waals surface area contributed by atoms with Crippen molar-refractivity contribution < 1.29 is 23.5 Å². The van der Waals surface area contributed by atoms with Gasteiger partial charge in [-0.1, -0.05) is 0 Å². The van der Waals surface area contributed by atoms with Crippen LogP contribution in [0.15, 0.2) is 21.6 Å². The first-order chi connectivity index (χ1) is 13.8. The maximum atomic E-state index is 12.3. The maximum Gasteiger partial charge on any atom is 0.425 e. The summed E-state index contributed by atoms with van der Waals surface area (Å²) in [5.74, 6) is 0.868. The van der Waals surface area contributed by atoms with E-state index < -0.39 is 15.8 Å². The molecule has 0 bridgehead atoms. The average molecular weight is 424 g/mol. The Morgan fingerprint density at radius 3 is 2.83 bits per heavy atom. The van der Waals surface area contributed by atoms with Crippen molar-refractivity contribution in [1.82, 2.24) is 14.5 Å². The van der Waals surface area contributed by atoms with Crippen LogP contribution in [0.2, 0.25) is 0 Å². The summed E-state index contributed by atoms with van der Waals surface area (Å²) in [6.07, 6.45) is 10.7. The van der Waals surface area contributed by atoms with Crippen LogP contribution in [0, 0.1) is 0 Å². The van der Waals surface area contributed by atoms with Gasteiger partial charge in [0.1, 0.15) is 18.8 Å². The zero-order valence-corrected chi connectivity index (χ0v) is 17.4. The molecule has 158 valence electrons. The summed E-state index contributed by atoms with van der Waals surface area (Å²) in [5.41, 5.74) is 0. The standard InChI is InChI=1S/C18H24N4O6S/c1-29(2,3)8-7-26-12-22-15(24)11-27-17-16(22)20-14(9-19-17)21-10-13(5-4-6-23)28-18(21)25/h6,9-10H,4-5,7-8,11-12H2,1-3H3. The monoisotopic (exact) mass is 424 g/mol. The number of carbonyl (C=O) groups excluding carboxylic acids is 2. The molecule has 0 atom stereocenters. The molecule has 1 aliphatic rings. The Hall–Kier alpha value is -2.66. The largest absolute Gasteiger partial charge is 0.465 e. The second kappa shape index (κ2) is 8.78. The maximum absolute atomic E-state index is 12.3. The fraction of sp³-hybridized carbons (Fsp3) is 0.500. The van der Waals surface area contributed by atoms with Crippen LogP contribution >= 0.6 is 10.0 Å². The highest BCUT2D eigenvalue weighted by molar-refractivity contribution is 8.32. The van der Waals surface area contributed by atoms with E-state index in [-0.39, 0.29) is 43.2 Å². The SMILES string of the molecule is CS(C)(C)CCOCN1C(=O)COc2ncc(-n3cc(CCC=O)oc3=O)nc21. The molecule has 3 rings (SSSR count). The van der Waals surface area contributed by atoms with Gasteiger partial charge in [0.25, 0.3) is 11.8 Å². The van der Waals surface area contributed by atoms with Crippen molar-refractivity contribution in [3.63, 3.8) is 0 Å². The van der Waals surface area contributed by atoms with Gasteiger partial charge in [-0.3, -0.25) is 9.69 Å². The Morgan fingerprint density at radius 2 is 2.10 bits per heavy atom. The number of hydrogen-bond donors (Lipinski definition) is 0. The van der Waals surface area contributed by atoms with E-state index in [9.17, 15) is 14.4 Å². The number of aldehydes is 1. The summed E-state index contributed by atoms with van der Waals surface area (Å²) < 4.78 is 17.3. The van der Waals surface area contributed by atoms with Gasteiger partial charge in [0.15, 0.2) is 12.4 Å². The minimum atomic E-state index is -0.705. The van der Waals surface area contributed by atoms with Crippen LogP contribution in [0.25, 0.3) is 5.82 Å². The molecule has 0 unspecified atom stereocenters. The topological polar surface area (TPSA) is 117 Å². The first kappa shape index (κ1) is 21.1. The fourth-order valence-corrected chi connectivity index (χ4v) is 3.16. The summed E-state index contributed by atoms with van der Waals surface area (Å²) in [7, 11) is -0.705. The Morgan fingerprint density at radius 1 is 1.31 bits per heavy atom. The van der Waals surface area contributed by atoms with Crippen molar-refractivity contribution in [1.29, 1.82) is 0 Å². The highest BCUT2D eigenvalue weighted by Gasteiger charge is 2.29. The highest BCUT2D eigenvalue weighted by atomic mass is 32.3. The summed E-state index contributed by atoms with van der Waals surface area (Å²) >= 11 is 0. The van der Waals surface area contributed by atoms with Crippen LogP contribution in [0.4, 0.5) is 5.82 Å². The first-order valence-electron chi connectivity index (χ1n) is 8.98. The molecule has 2 aromatic heterocycles. The molecule has 0 radical (unpaired) electrons. The number of rotatable bonds is 9. The molecule has 0 N–H and O–H groups in total. The number of carbonyl (C=O) groups is 2. The number of anilines is 1. The lowest BCUT2D eigenvalue weighted by Gasteiger charge is -2.29. The van der Waals surface area contributed by atoms with E-state index in [1.165, 1.54) is 21.9 Å². The smallest absolute Gasteiger partial charge is 0.425 e. The number of fused-ring (bicyclic) bond motifs is 1. The van der Waals surface area contributed by atoms with Crippen LogP contribution in [0.3, 0.4) is 0 Å². The molecule has 2 aromatic rings. The molecule has 0 fully saturated rings. The summed E-state index contributed by atoms with van der Waals surface area (Å²) in [6, 6.07) is 0. The number of nitrogens with zero attached hydrogens (tertiary/aromatic N) is 4. The van der Waals surface area contributed by atoms with Gasteiger partial charge in [0.2, 0.25) is 5.82 Å². The van der Waals surface area contributed by atoms with Gasteiger partial charge >= 0.3 is 5.76 Å². The zero-order valence-electron chi connectivity index (χ0n) is 16.6. The molecule has 0 saturated carbocycles. The van der Waals surface area contributed by atoms with Crippen LogP contribution < -0.4 is 15.4 Å². The third-order valence-corrected chi connectivity index (χ3v) is 5.49. The predicted octanol–water partition coefficient (Wildman–Crippen LogP) is 0.745. The van der Waals surface area contributed by atoms with E-state index in [0.29, 0.717) is 18.8 Å². The van der Waals surface area contributed by atoms with Gasteiger partial charge in [-0.05, 0) is 18.8 Å². The van der Waals surface area contributed by atoms with Crippen molar-refractivity contribution in [3.8, 4) is 11.7 Å². The van der Waals surface area contributed by atoms with Gasteiger partial charge in [-0.2, -0.15) is 0 Å². The normalized spacial score (nSPS) is 14.4. The van der Waals surface area contributed by atoms with E-state index in [1.807, 2.05) is 0 Å². The number of amides is 1. The lowest BCUT2D eigenvalue weighted by Crippen LogP contribution is -2.41. The number of hydrogen-bond acceptors (Lipinski definition) is 8. The number of aromatic nitrogens is 3. The molecule has 0 aliphatic carbocycles. The molecule has 29 heavy (non-hydrogen) atoms. The van der Waals surface area contributed by atoms with Gasteiger partial charge in [0, 0.05) is 18.6 Å². The first-order valence-corrected chi connectivity index (χ1v) is 12.0. The molecule has 3 heterocycles. The van der Waals surface area contributed by atoms with Crippen molar-refractivity contribution in [3.05, 3.63) is 28.7 Å². The van der Waals surface area contributed by atoms with Gasteiger partial charge in [-0.15, -0.1) is 0 Å². The van der Waals surface area contributed by atoms with E-state index in [2.05, 4.69) is 28.7 Å². The molecule has 1 aliphatic heterocycles. The second-order valence-electron chi connectivity index (χ2n) is 7.34. The van der Waals surface area contributed by atoms with Gasteiger partial charge < -0.3 is 18.7 Å². The van der Waals surface area contributed by atoms with Gasteiger partial charge in [0.05, 0.1) is 19.0 Å². The van der Waals surface area contributed by atoms with Crippen LogP contribution in [-0.2, 0) is 20.7 Å². The molecular formula is C18H24N4O6S. The van der Waals surface area contributed by atoms with Crippen LogP contribution in [-0.4, -0.2) is 71.2 Å². The molecule has 11 heteroatoms. The third kappa shape index (κ3) is 5.24. The fourth-order valence-electron chi connectivity index (χ4n) is 2.54. The summed E-state index contributed by atoms with van der Waals surface area (Å²) in [4.78, 5) is 44.9. The second-order valence-corrected chi connectivity index (χ2v) is 11.9. The van der Waals surface area contributed by atoms with E-state index in [0.717, 1.165) is 12.0 Å². The molecule has 0 aromatic carbocycles. The average Bonchev–Trinajstić information content (AvgIpc) is 3.04. The summed E-state index contributed by atoms with van der Waals surface area (Å²) in [6.45, 7) is 0.386. The Balaban J connectivity index is 1.81. The highest BCUT2D eigenvalue weighted by Crippen LogP contribution is 2.34. The predicted molar refractivity (Wildman–Crippen MR) is 108 cm³/mol. The number of aryl methyl sites for hydroxylation is 1. The van der Waals surface area contributed by atoms with E-state index >= 15 is 0 Å². The molecular weight excluding hydrogens is 400 g/mol. The van der Waals surface area contributed by atoms with Crippen molar-refractivity contribution >= 4 is 28.0 Å². The third-order valence-electron chi connectivity index (χ3n) is 4.10. The van der Waals surface area contributed by atoms with Crippen molar-refractivity contribution in [2.75, 3.05) is 49.4 Å². The number of oxazole rings is 1. The quantitative estimate of drug-likeness (QED) is 0.428. The van der Waals surface area contributed by atoms with Crippen LogP contribution in [0.5, 0.6) is 5.88 Å². The lowest BCUT2D eigenvalue weighted by atomic mass is 10.3. The number of ether oxygens (including phenoxy) is 2. The van der Waals surface area contributed by atoms with E-state index in [4.69, 9.17) is 13.9 Å². The Bertz CT molecular complexity index is 949. The Labute approximate surface area is 169 Å². The molecule has 10 nitrogen and oxygen atoms in total. The molecule has 0 saturated heterocycles. The van der Waals surface area contributed by atoms with E-state index in [1.54, 1.807) is 0 Å². The minimum absolute atomic E-state index is 0.0215. The van der Waals surface area contributed by atoms with Crippen LogP contribution in [0.1, 0.15) is 12.2 Å². The lowest BCUT2D eigenvalue weighted by molar-refractivity contribution is -0.122. The Kier molecular flexibility index (Phi) is 6.38. The molecule has 0 spiro atoms. The van der Waals surface area contributed by atoms with Crippen molar-refractivity contribution in [2.45, 2.75) is 12.8 Å².